The standard InChI is InChI=1S/C39H33ClFN3O6S/c1-2-50-31-7-3-6-28(34(31)45)33-26-16-17-27-32(37(48)43(35(27)46)20-25-5-4-18-51-25)29(26)19-30-36(47)44(42-24-14-12-23(41)13-15-24)38(49)39(30,33)21-8-10-22(40)11-9-21/h3-16,18,27,29-30,32-33,42,45H,2,17,19-20H2,1H3/t27-,29+,30-,32-,33+,39+/m0/s1. The Labute approximate surface area is 302 Å². The lowest BCUT2D eigenvalue weighted by Crippen LogP contribution is -2.53. The molecule has 0 spiro atoms. The zero-order chi connectivity index (χ0) is 35.6. The van der Waals surface area contributed by atoms with Crippen LogP contribution >= 0.6 is 22.9 Å². The average molecular weight is 726 g/mol. The van der Waals surface area contributed by atoms with Crippen molar-refractivity contribution in [2.75, 3.05) is 12.0 Å². The third-order valence-electron chi connectivity index (χ3n) is 10.9. The molecule has 3 aromatic carbocycles. The molecule has 0 unspecified atom stereocenters. The molecule has 3 fully saturated rings. The molecule has 2 aliphatic heterocycles. The number of hydrazine groups is 1. The summed E-state index contributed by atoms with van der Waals surface area (Å²) in [4.78, 5) is 60.4. The zero-order valence-electron chi connectivity index (χ0n) is 27.4. The van der Waals surface area contributed by atoms with E-state index in [2.05, 4.69) is 5.43 Å². The van der Waals surface area contributed by atoms with E-state index in [-0.39, 0.29) is 49.3 Å². The van der Waals surface area contributed by atoms with Crippen molar-refractivity contribution in [1.29, 1.82) is 0 Å². The van der Waals surface area contributed by atoms with E-state index in [0.717, 1.165) is 9.89 Å². The second-order valence-corrected chi connectivity index (χ2v) is 14.8. The predicted octanol–water partition coefficient (Wildman–Crippen LogP) is 6.83. The summed E-state index contributed by atoms with van der Waals surface area (Å²) in [6.45, 7) is 2.22. The minimum Gasteiger partial charge on any atom is -0.504 e. The van der Waals surface area contributed by atoms with Crippen molar-refractivity contribution in [1.82, 2.24) is 9.91 Å². The van der Waals surface area contributed by atoms with Crippen LogP contribution in [-0.4, -0.2) is 45.3 Å². The van der Waals surface area contributed by atoms with Crippen molar-refractivity contribution in [3.63, 3.8) is 0 Å². The number of ether oxygens (including phenoxy) is 1. The molecule has 8 rings (SSSR count). The highest BCUT2D eigenvalue weighted by atomic mass is 35.5. The van der Waals surface area contributed by atoms with Gasteiger partial charge in [-0.15, -0.1) is 11.3 Å². The van der Waals surface area contributed by atoms with Gasteiger partial charge in [-0.2, -0.15) is 5.01 Å². The number of benzene rings is 3. The number of likely N-dealkylation sites (tertiary alicyclic amines) is 1. The zero-order valence-corrected chi connectivity index (χ0v) is 29.0. The molecule has 51 heavy (non-hydrogen) atoms. The molecule has 4 aromatic rings. The lowest BCUT2D eigenvalue weighted by atomic mass is 9.49. The van der Waals surface area contributed by atoms with Crippen LogP contribution in [0.15, 0.2) is 95.9 Å². The topological polar surface area (TPSA) is 116 Å². The Balaban J connectivity index is 1.33. The highest BCUT2D eigenvalue weighted by molar-refractivity contribution is 7.09. The molecule has 12 heteroatoms. The summed E-state index contributed by atoms with van der Waals surface area (Å²) in [7, 11) is 0. The lowest BCUT2D eigenvalue weighted by Gasteiger charge is -2.50. The number of nitrogens with one attached hydrogen (secondary N) is 1. The molecule has 1 aromatic heterocycles. The highest BCUT2D eigenvalue weighted by Crippen LogP contribution is 2.65. The number of imide groups is 2. The number of halogens is 2. The van der Waals surface area contributed by atoms with Crippen molar-refractivity contribution in [3.8, 4) is 11.5 Å². The van der Waals surface area contributed by atoms with Crippen molar-refractivity contribution in [2.24, 2.45) is 23.7 Å². The predicted molar refractivity (Wildman–Crippen MR) is 188 cm³/mol. The van der Waals surface area contributed by atoms with Crippen LogP contribution in [0.4, 0.5) is 10.1 Å². The van der Waals surface area contributed by atoms with Gasteiger partial charge in [0.2, 0.25) is 11.8 Å². The average Bonchev–Trinajstić information content (AvgIpc) is 3.79. The molecule has 4 aliphatic rings. The van der Waals surface area contributed by atoms with E-state index in [1.165, 1.54) is 40.5 Å². The van der Waals surface area contributed by atoms with Gasteiger partial charge in [0.15, 0.2) is 11.5 Å². The van der Waals surface area contributed by atoms with Crippen molar-refractivity contribution < 1.29 is 33.4 Å². The Bertz CT molecular complexity index is 2090. The fourth-order valence-corrected chi connectivity index (χ4v) is 9.64. The maximum Gasteiger partial charge on any atom is 0.260 e. The number of para-hydroxylation sites is 1. The molecular formula is C39H33ClFN3O6S. The van der Waals surface area contributed by atoms with Gasteiger partial charge in [-0.25, -0.2) is 4.39 Å². The SMILES string of the molecule is CCOc1cccc([C@H]2C3=CC[C@@H]4C(=O)N(Cc5cccs5)C(=O)[C@@H]4[C@@H]3C[C@H]3C(=O)N(Nc4ccc(F)cc4)C(=O)[C@@]23c2ccc(Cl)cc2)c1O. The molecule has 4 amide bonds. The van der Waals surface area contributed by atoms with Crippen LogP contribution in [0.2, 0.25) is 5.02 Å². The van der Waals surface area contributed by atoms with Gasteiger partial charge in [0.05, 0.1) is 42.0 Å². The summed E-state index contributed by atoms with van der Waals surface area (Å²) >= 11 is 7.82. The molecule has 9 nitrogen and oxygen atoms in total. The van der Waals surface area contributed by atoms with Crippen molar-refractivity contribution in [2.45, 2.75) is 37.6 Å². The number of nitrogens with zero attached hydrogens (tertiary/aromatic N) is 2. The number of phenolic OH excluding ortho intramolecular Hbond substituents is 1. The molecule has 2 aliphatic carbocycles. The first-order valence-electron chi connectivity index (χ1n) is 16.8. The highest BCUT2D eigenvalue weighted by Gasteiger charge is 2.70. The van der Waals surface area contributed by atoms with E-state index in [0.29, 0.717) is 27.4 Å². The maximum atomic E-state index is 15.3. The molecule has 1 saturated carbocycles. The van der Waals surface area contributed by atoms with Gasteiger partial charge in [0.25, 0.3) is 11.8 Å². The molecule has 2 saturated heterocycles. The molecule has 0 bridgehead atoms. The van der Waals surface area contributed by atoms with Crippen molar-refractivity contribution >= 4 is 52.3 Å². The lowest BCUT2D eigenvalue weighted by molar-refractivity contribution is -0.141. The number of thiophene rings is 1. The summed E-state index contributed by atoms with van der Waals surface area (Å²) in [5, 5.41) is 15.2. The smallest absolute Gasteiger partial charge is 0.260 e. The molecule has 260 valence electrons. The number of anilines is 1. The third kappa shape index (κ3) is 5.08. The number of rotatable bonds is 8. The Hall–Kier alpha value is -5.00. The minimum absolute atomic E-state index is 0.0933. The van der Waals surface area contributed by atoms with E-state index in [1.54, 1.807) is 49.4 Å². The number of hydrogen-bond acceptors (Lipinski definition) is 8. The van der Waals surface area contributed by atoms with Crippen molar-refractivity contribution in [3.05, 3.63) is 123 Å². The Morgan fingerprint density at radius 3 is 2.43 bits per heavy atom. The summed E-state index contributed by atoms with van der Waals surface area (Å²) in [5.74, 6) is -6.11. The van der Waals surface area contributed by atoms with E-state index in [1.807, 2.05) is 23.6 Å². The Morgan fingerprint density at radius 2 is 1.73 bits per heavy atom. The fourth-order valence-electron chi connectivity index (χ4n) is 8.82. The largest absolute Gasteiger partial charge is 0.504 e. The number of allylic oxidation sites excluding steroid dienone is 2. The second-order valence-electron chi connectivity index (χ2n) is 13.3. The van der Waals surface area contributed by atoms with Gasteiger partial charge in [-0.1, -0.05) is 53.6 Å². The number of carbonyl (C=O) groups excluding carboxylic acids is 4. The van der Waals surface area contributed by atoms with Gasteiger partial charge in [0.1, 0.15) is 5.82 Å². The maximum absolute atomic E-state index is 15.3. The first-order chi connectivity index (χ1) is 24.6. The van der Waals surface area contributed by atoms with Crippen LogP contribution in [0.25, 0.3) is 0 Å². The van der Waals surface area contributed by atoms with Gasteiger partial charge in [0, 0.05) is 21.4 Å². The normalized spacial score (nSPS) is 26.9. The Morgan fingerprint density at radius 1 is 0.961 bits per heavy atom. The number of carbonyl (C=O) groups is 4. The van der Waals surface area contributed by atoms with Gasteiger partial charge >= 0.3 is 0 Å². The number of hydrogen-bond donors (Lipinski definition) is 2. The van der Waals surface area contributed by atoms with Crippen LogP contribution in [-0.2, 0) is 31.1 Å². The first kappa shape index (κ1) is 33.2. The fraction of sp³-hybridized carbons (Fsp3) is 0.282. The van der Waals surface area contributed by atoms with E-state index >= 15 is 4.79 Å². The van der Waals surface area contributed by atoms with Gasteiger partial charge < -0.3 is 9.84 Å². The quantitative estimate of drug-likeness (QED) is 0.151. The number of fused-ring (bicyclic) bond motifs is 4. The van der Waals surface area contributed by atoms with E-state index in [9.17, 15) is 23.9 Å². The van der Waals surface area contributed by atoms with Gasteiger partial charge in [-0.05, 0) is 85.2 Å². The summed E-state index contributed by atoms with van der Waals surface area (Å²) in [6, 6.07) is 20.9. The monoisotopic (exact) mass is 725 g/mol. The van der Waals surface area contributed by atoms with Crippen LogP contribution in [0, 0.1) is 29.5 Å². The minimum atomic E-state index is -1.62. The van der Waals surface area contributed by atoms with Crippen LogP contribution < -0.4 is 10.2 Å². The summed E-state index contributed by atoms with van der Waals surface area (Å²) in [6.07, 6.45) is 2.28. The van der Waals surface area contributed by atoms with E-state index in [4.69, 9.17) is 16.3 Å². The summed E-state index contributed by atoms with van der Waals surface area (Å²) in [5.41, 5.74) is 3.19. The van der Waals surface area contributed by atoms with Gasteiger partial charge in [-0.3, -0.25) is 29.5 Å². The number of amides is 4. The third-order valence-corrected chi connectivity index (χ3v) is 12.0. The second kappa shape index (κ2) is 12.6. The van der Waals surface area contributed by atoms with Crippen LogP contribution in [0.5, 0.6) is 11.5 Å². The first-order valence-corrected chi connectivity index (χ1v) is 18.1. The molecule has 0 radical (unpaired) electrons. The van der Waals surface area contributed by atoms with Crippen LogP contribution in [0.3, 0.4) is 0 Å². The molecule has 2 N–H and O–H groups in total. The van der Waals surface area contributed by atoms with E-state index < -0.39 is 52.6 Å². The molecular weight excluding hydrogens is 693 g/mol. The number of phenols is 1. The number of aromatic hydroxyl groups is 1. The molecule has 6 atom stereocenters. The Kier molecular flexibility index (Phi) is 8.22. The summed E-state index contributed by atoms with van der Waals surface area (Å²) < 4.78 is 19.7. The van der Waals surface area contributed by atoms with Crippen LogP contribution in [0.1, 0.15) is 41.7 Å². The molecule has 3 heterocycles.